The summed E-state index contributed by atoms with van der Waals surface area (Å²) in [6.45, 7) is 9.34. The van der Waals surface area contributed by atoms with Gasteiger partial charge in [-0.2, -0.15) is 0 Å². The highest BCUT2D eigenvalue weighted by Crippen LogP contribution is 2.33. The number of allylic oxidation sites excluding steroid dienone is 4. The molecule has 28 heavy (non-hydrogen) atoms. The number of hydrogen-bond donors (Lipinski definition) is 3. The number of alkyl halides is 1. The van der Waals surface area contributed by atoms with Crippen LogP contribution in [0.2, 0.25) is 0 Å². The number of rotatable bonds is 8. The highest BCUT2D eigenvalue weighted by atomic mass is 35.5. The number of carbonyl (C=O) groups is 1. The number of urea groups is 1. The summed E-state index contributed by atoms with van der Waals surface area (Å²) in [6, 6.07) is 0.228. The zero-order valence-electron chi connectivity index (χ0n) is 17.6. The zero-order chi connectivity index (χ0) is 20.4. The summed E-state index contributed by atoms with van der Waals surface area (Å²) in [5.74, 6) is 6.27. The topological polar surface area (TPSA) is 73.6 Å². The van der Waals surface area contributed by atoms with Crippen molar-refractivity contribution in [3.05, 3.63) is 23.9 Å². The van der Waals surface area contributed by atoms with Gasteiger partial charge in [-0.05, 0) is 69.7 Å². The van der Waals surface area contributed by atoms with E-state index >= 15 is 0 Å². The molecule has 2 fully saturated rings. The lowest BCUT2D eigenvalue weighted by atomic mass is 9.80. The molecular weight excluding hydrogens is 374 g/mol. The van der Waals surface area contributed by atoms with Crippen LogP contribution in [0, 0.1) is 5.41 Å². The molecule has 0 aromatic heterocycles. The van der Waals surface area contributed by atoms with Crippen LogP contribution < -0.4 is 16.6 Å². The SMILES string of the molecule is CC/C(=C\C=C/CCl)NC(=O)N1CCC(NN)CC(C)(CCN2CCCC2)C1. The van der Waals surface area contributed by atoms with Gasteiger partial charge >= 0.3 is 6.03 Å². The smallest absolute Gasteiger partial charge is 0.321 e. The third kappa shape index (κ3) is 7.39. The van der Waals surface area contributed by atoms with Crippen LogP contribution >= 0.6 is 11.6 Å². The lowest BCUT2D eigenvalue weighted by Gasteiger charge is -2.35. The molecule has 2 aliphatic heterocycles. The van der Waals surface area contributed by atoms with Crippen molar-refractivity contribution in [2.45, 2.75) is 58.4 Å². The summed E-state index contributed by atoms with van der Waals surface area (Å²) < 4.78 is 0. The van der Waals surface area contributed by atoms with E-state index < -0.39 is 0 Å². The van der Waals surface area contributed by atoms with Crippen LogP contribution in [0.4, 0.5) is 4.79 Å². The molecule has 0 aromatic rings. The summed E-state index contributed by atoms with van der Waals surface area (Å²) in [6.07, 6.45) is 12.0. The van der Waals surface area contributed by atoms with Crippen molar-refractivity contribution in [3.8, 4) is 0 Å². The summed E-state index contributed by atoms with van der Waals surface area (Å²) in [5.41, 5.74) is 3.93. The molecule has 0 aliphatic carbocycles. The number of halogens is 1. The van der Waals surface area contributed by atoms with Crippen molar-refractivity contribution in [1.82, 2.24) is 20.5 Å². The third-order valence-electron chi connectivity index (χ3n) is 5.98. The van der Waals surface area contributed by atoms with E-state index in [9.17, 15) is 4.79 Å². The minimum atomic E-state index is -0.0163. The van der Waals surface area contributed by atoms with Gasteiger partial charge in [-0.3, -0.25) is 11.3 Å². The Bertz CT molecular complexity index is 547. The lowest BCUT2D eigenvalue weighted by molar-refractivity contribution is 0.149. The fourth-order valence-corrected chi connectivity index (χ4v) is 4.35. The Kier molecular flexibility index (Phi) is 9.79. The predicted octanol–water partition coefficient (Wildman–Crippen LogP) is 3.20. The van der Waals surface area contributed by atoms with Gasteiger partial charge in [-0.1, -0.05) is 26.0 Å². The number of carbonyl (C=O) groups excluding carboxylic acids is 1. The van der Waals surface area contributed by atoms with E-state index in [1.165, 1.54) is 25.9 Å². The quantitative estimate of drug-likeness (QED) is 0.248. The van der Waals surface area contributed by atoms with Crippen molar-refractivity contribution in [2.75, 3.05) is 38.6 Å². The molecule has 0 radical (unpaired) electrons. The maximum Gasteiger partial charge on any atom is 0.321 e. The molecule has 6 nitrogen and oxygen atoms in total. The minimum absolute atomic E-state index is 0.0163. The van der Waals surface area contributed by atoms with E-state index in [0.29, 0.717) is 12.4 Å². The van der Waals surface area contributed by atoms with Crippen LogP contribution in [-0.2, 0) is 0 Å². The van der Waals surface area contributed by atoms with Gasteiger partial charge in [0.2, 0.25) is 0 Å². The number of nitrogens with one attached hydrogen (secondary N) is 2. The van der Waals surface area contributed by atoms with E-state index in [1.54, 1.807) is 0 Å². The van der Waals surface area contributed by atoms with E-state index in [2.05, 4.69) is 22.6 Å². The molecule has 0 aromatic carbocycles. The van der Waals surface area contributed by atoms with Crippen molar-refractivity contribution in [1.29, 1.82) is 0 Å². The molecule has 2 aliphatic rings. The standard InChI is InChI=1S/C21H38ClN5O/c1-3-18(8-4-5-11-22)24-20(28)27-14-9-19(25-23)16-21(2,17-27)10-15-26-12-6-7-13-26/h4-5,8,19,25H,3,6-7,9-17,23H2,1-2H3,(H,24,28)/b5-4-,18-8+. The first-order valence-electron chi connectivity index (χ1n) is 10.7. The molecule has 2 rings (SSSR count). The van der Waals surface area contributed by atoms with E-state index in [0.717, 1.165) is 44.5 Å². The zero-order valence-corrected chi connectivity index (χ0v) is 18.3. The fourth-order valence-electron chi connectivity index (χ4n) is 4.24. The number of amides is 2. The molecule has 7 heteroatoms. The van der Waals surface area contributed by atoms with Crippen LogP contribution in [0.1, 0.15) is 52.4 Å². The van der Waals surface area contributed by atoms with Gasteiger partial charge in [0.25, 0.3) is 0 Å². The molecule has 0 bridgehead atoms. The number of nitrogens with zero attached hydrogens (tertiary/aromatic N) is 2. The molecular formula is C21H38ClN5O. The van der Waals surface area contributed by atoms with Crippen molar-refractivity contribution >= 4 is 17.6 Å². The Morgan fingerprint density at radius 2 is 2.07 bits per heavy atom. The Morgan fingerprint density at radius 1 is 1.32 bits per heavy atom. The normalized spacial score (nSPS) is 27.4. The summed E-state index contributed by atoms with van der Waals surface area (Å²) in [5, 5.41) is 3.08. The molecule has 2 unspecified atom stereocenters. The Labute approximate surface area is 175 Å². The fraction of sp³-hybridized carbons (Fsp3) is 0.762. The third-order valence-corrected chi connectivity index (χ3v) is 6.16. The predicted molar refractivity (Wildman–Crippen MR) is 117 cm³/mol. The van der Waals surface area contributed by atoms with Crippen LogP contribution in [0.25, 0.3) is 0 Å². The maximum absolute atomic E-state index is 13.0. The van der Waals surface area contributed by atoms with Gasteiger partial charge in [0.1, 0.15) is 0 Å². The highest BCUT2D eigenvalue weighted by Gasteiger charge is 2.35. The van der Waals surface area contributed by atoms with Crippen LogP contribution in [-0.4, -0.2) is 60.5 Å². The van der Waals surface area contributed by atoms with Gasteiger partial charge < -0.3 is 15.1 Å². The average molecular weight is 412 g/mol. The molecule has 2 saturated heterocycles. The first kappa shape index (κ1) is 23.2. The van der Waals surface area contributed by atoms with Gasteiger partial charge in [0.15, 0.2) is 0 Å². The Hall–Kier alpha value is -1.08. The number of hydrazine groups is 1. The second-order valence-corrected chi connectivity index (χ2v) is 8.75. The molecule has 2 atom stereocenters. The van der Waals surface area contributed by atoms with Gasteiger partial charge in [-0.15, -0.1) is 11.6 Å². The lowest BCUT2D eigenvalue weighted by Crippen LogP contribution is -2.45. The minimum Gasteiger partial charge on any atom is -0.324 e. The highest BCUT2D eigenvalue weighted by molar-refractivity contribution is 6.18. The van der Waals surface area contributed by atoms with Gasteiger partial charge in [-0.25, -0.2) is 4.79 Å². The van der Waals surface area contributed by atoms with Crippen LogP contribution in [0.5, 0.6) is 0 Å². The molecule has 4 N–H and O–H groups in total. The summed E-state index contributed by atoms with van der Waals surface area (Å²) in [7, 11) is 0. The van der Waals surface area contributed by atoms with E-state index in [1.807, 2.05) is 30.1 Å². The number of nitrogens with two attached hydrogens (primary N) is 1. The van der Waals surface area contributed by atoms with Gasteiger partial charge in [0.05, 0.1) is 0 Å². The van der Waals surface area contributed by atoms with Crippen molar-refractivity contribution < 1.29 is 4.79 Å². The van der Waals surface area contributed by atoms with Crippen molar-refractivity contribution in [3.63, 3.8) is 0 Å². The van der Waals surface area contributed by atoms with Crippen LogP contribution in [0.3, 0.4) is 0 Å². The van der Waals surface area contributed by atoms with Gasteiger partial charge in [0, 0.05) is 30.7 Å². The van der Waals surface area contributed by atoms with Crippen LogP contribution in [0.15, 0.2) is 23.9 Å². The number of hydrogen-bond acceptors (Lipinski definition) is 4. The van der Waals surface area contributed by atoms with E-state index in [-0.39, 0.29) is 17.5 Å². The monoisotopic (exact) mass is 411 g/mol. The molecule has 160 valence electrons. The van der Waals surface area contributed by atoms with E-state index in [4.69, 9.17) is 17.4 Å². The maximum atomic E-state index is 13.0. The summed E-state index contributed by atoms with van der Waals surface area (Å²) >= 11 is 5.68. The summed E-state index contributed by atoms with van der Waals surface area (Å²) in [4.78, 5) is 17.5. The van der Waals surface area contributed by atoms with Crippen molar-refractivity contribution in [2.24, 2.45) is 11.3 Å². The Balaban J connectivity index is 2.02. The second-order valence-electron chi connectivity index (χ2n) is 8.45. The second kappa shape index (κ2) is 11.8. The molecule has 2 amide bonds. The first-order valence-corrected chi connectivity index (χ1v) is 11.2. The largest absolute Gasteiger partial charge is 0.324 e. The molecule has 0 saturated carbocycles. The molecule has 2 heterocycles. The first-order chi connectivity index (χ1) is 13.5. The molecule has 0 spiro atoms. The average Bonchev–Trinajstić information content (AvgIpc) is 3.15. The Morgan fingerprint density at radius 3 is 2.71 bits per heavy atom. The number of likely N-dealkylation sites (tertiary alicyclic amines) is 2.